The summed E-state index contributed by atoms with van der Waals surface area (Å²) in [5, 5.41) is 18.4. The van der Waals surface area contributed by atoms with E-state index in [0.717, 1.165) is 0 Å². The minimum atomic E-state index is -3.72. The van der Waals surface area contributed by atoms with Crippen molar-refractivity contribution in [3.63, 3.8) is 0 Å². The number of nitriles is 1. The number of ether oxygens (including phenoxy) is 1. The van der Waals surface area contributed by atoms with Crippen molar-refractivity contribution in [3.8, 4) is 11.8 Å². The molecule has 0 aromatic heterocycles. The van der Waals surface area contributed by atoms with Gasteiger partial charge in [0.2, 0.25) is 0 Å². The number of nitrogens with zero attached hydrogens (tertiary/aromatic N) is 1. The second-order valence-corrected chi connectivity index (χ2v) is 7.91. The lowest BCUT2D eigenvalue weighted by Crippen LogP contribution is -2.18. The van der Waals surface area contributed by atoms with Crippen LogP contribution in [0.3, 0.4) is 0 Å². The Kier molecular flexibility index (Phi) is 4.08. The van der Waals surface area contributed by atoms with Crippen LogP contribution < -0.4 is 4.74 Å². The van der Waals surface area contributed by atoms with Gasteiger partial charge in [0.1, 0.15) is 11.2 Å². The molecule has 1 fully saturated rings. The van der Waals surface area contributed by atoms with Gasteiger partial charge in [0.25, 0.3) is 0 Å². The number of rotatable bonds is 5. The minimum absolute atomic E-state index is 0.166. The number of sulfone groups is 1. The highest BCUT2D eigenvalue weighted by Gasteiger charge is 2.72. The first kappa shape index (κ1) is 16.5. The molecule has 1 aliphatic carbocycles. The van der Waals surface area contributed by atoms with Gasteiger partial charge >= 0.3 is 0 Å². The summed E-state index contributed by atoms with van der Waals surface area (Å²) in [6.07, 6.45) is 0. The molecule has 0 heterocycles. The van der Waals surface area contributed by atoms with Crippen LogP contribution in [0.25, 0.3) is 0 Å². The first-order valence-electron chi connectivity index (χ1n) is 7.46. The fourth-order valence-electron chi connectivity index (χ4n) is 3.26. The topological polar surface area (TPSA) is 87.4 Å². The van der Waals surface area contributed by atoms with E-state index < -0.39 is 33.0 Å². The lowest BCUT2D eigenvalue weighted by atomic mass is 10.0. The minimum Gasteiger partial charge on any atom is -0.497 e. The first-order valence-corrected chi connectivity index (χ1v) is 9.01. The highest BCUT2D eigenvalue weighted by Crippen LogP contribution is 2.63. The first-order chi connectivity index (χ1) is 11.5. The van der Waals surface area contributed by atoms with Crippen LogP contribution in [0, 0.1) is 16.7 Å². The summed E-state index contributed by atoms with van der Waals surface area (Å²) in [7, 11) is -2.18. The van der Waals surface area contributed by atoms with Crippen LogP contribution in [-0.2, 0) is 9.84 Å². The molecule has 0 radical (unpaired) electrons. The molecule has 0 aliphatic heterocycles. The Morgan fingerprint density at radius 3 is 2.29 bits per heavy atom. The third-order valence-corrected chi connectivity index (χ3v) is 6.90. The Bertz CT molecular complexity index is 871. The summed E-state index contributed by atoms with van der Waals surface area (Å²) >= 11 is 0. The third-order valence-electron chi connectivity index (χ3n) is 4.61. The van der Waals surface area contributed by atoms with Crippen molar-refractivity contribution in [1.29, 1.82) is 5.26 Å². The fourth-order valence-corrected chi connectivity index (χ4v) is 5.59. The maximum absolute atomic E-state index is 12.9. The zero-order valence-electron chi connectivity index (χ0n) is 13.1. The average molecular weight is 343 g/mol. The van der Waals surface area contributed by atoms with Gasteiger partial charge in [-0.05, 0) is 29.8 Å². The smallest absolute Gasteiger partial charge is 0.183 e. The molecule has 6 heteroatoms. The molecule has 3 rings (SSSR count). The number of benzene rings is 2. The van der Waals surface area contributed by atoms with E-state index in [9.17, 15) is 18.8 Å². The Morgan fingerprint density at radius 2 is 1.79 bits per heavy atom. The molecule has 2 aromatic carbocycles. The standard InChI is InChI=1S/C18H17NO4S/c1-23-14-9-7-13(8-10-14)16-17(18(16,11-19)12-20)24(21,22)15-5-3-2-4-6-15/h2-10,16-17,20H,12H2,1H3/t16-,17+,18-/m1/s1. The SMILES string of the molecule is COc1ccc([C@@H]2[C@H](S(=O)(=O)c3ccccc3)[C@]2(C#N)CO)cc1. The van der Waals surface area contributed by atoms with Crippen molar-refractivity contribution in [1.82, 2.24) is 0 Å². The molecule has 0 unspecified atom stereocenters. The zero-order valence-corrected chi connectivity index (χ0v) is 13.9. The van der Waals surface area contributed by atoms with Gasteiger partial charge < -0.3 is 9.84 Å². The summed E-state index contributed by atoms with van der Waals surface area (Å²) in [6.45, 7) is -0.503. The number of aliphatic hydroxyl groups excluding tert-OH is 1. The highest BCUT2D eigenvalue weighted by molar-refractivity contribution is 7.92. The summed E-state index contributed by atoms with van der Waals surface area (Å²) < 4.78 is 31.0. The monoisotopic (exact) mass is 343 g/mol. The van der Waals surface area contributed by atoms with Crippen LogP contribution in [0.15, 0.2) is 59.5 Å². The summed E-state index contributed by atoms with van der Waals surface area (Å²) in [5.74, 6) is 0.0806. The largest absolute Gasteiger partial charge is 0.497 e. The van der Waals surface area contributed by atoms with E-state index in [0.29, 0.717) is 11.3 Å². The van der Waals surface area contributed by atoms with Crippen molar-refractivity contribution < 1.29 is 18.3 Å². The van der Waals surface area contributed by atoms with Gasteiger partial charge in [0.15, 0.2) is 9.84 Å². The summed E-state index contributed by atoms with van der Waals surface area (Å²) in [6, 6.07) is 17.0. The Morgan fingerprint density at radius 1 is 1.17 bits per heavy atom. The van der Waals surface area contributed by atoms with Crippen LogP contribution in [0.5, 0.6) is 5.75 Å². The molecule has 124 valence electrons. The van der Waals surface area contributed by atoms with Gasteiger partial charge in [-0.1, -0.05) is 30.3 Å². The van der Waals surface area contributed by atoms with Crippen LogP contribution in [-0.4, -0.2) is 32.5 Å². The predicted molar refractivity (Wildman–Crippen MR) is 88.3 cm³/mol. The van der Waals surface area contributed by atoms with Gasteiger partial charge in [-0.25, -0.2) is 8.42 Å². The molecule has 24 heavy (non-hydrogen) atoms. The molecule has 0 amide bonds. The van der Waals surface area contributed by atoms with Crippen molar-refractivity contribution in [2.75, 3.05) is 13.7 Å². The van der Waals surface area contributed by atoms with Crippen LogP contribution >= 0.6 is 0 Å². The van der Waals surface area contributed by atoms with Crippen molar-refractivity contribution >= 4 is 9.84 Å². The van der Waals surface area contributed by atoms with E-state index in [1.54, 1.807) is 49.6 Å². The maximum Gasteiger partial charge on any atom is 0.183 e. The number of aliphatic hydroxyl groups is 1. The molecule has 1 N–H and O–H groups in total. The van der Waals surface area contributed by atoms with Gasteiger partial charge in [0.05, 0.1) is 29.9 Å². The van der Waals surface area contributed by atoms with E-state index >= 15 is 0 Å². The predicted octanol–water partition coefficient (Wildman–Crippen LogP) is 2.14. The van der Waals surface area contributed by atoms with E-state index in [1.165, 1.54) is 12.1 Å². The van der Waals surface area contributed by atoms with E-state index in [2.05, 4.69) is 0 Å². The van der Waals surface area contributed by atoms with Gasteiger partial charge in [-0.3, -0.25) is 0 Å². The zero-order chi connectivity index (χ0) is 17.4. The molecular weight excluding hydrogens is 326 g/mol. The van der Waals surface area contributed by atoms with Crippen LogP contribution in [0.2, 0.25) is 0 Å². The molecule has 0 saturated heterocycles. The Labute approximate surface area is 141 Å². The molecule has 2 aromatic rings. The van der Waals surface area contributed by atoms with Gasteiger partial charge in [-0.2, -0.15) is 5.26 Å². The number of hydrogen-bond donors (Lipinski definition) is 1. The molecular formula is C18H17NO4S. The lowest BCUT2D eigenvalue weighted by molar-refractivity contribution is 0.242. The Hall–Kier alpha value is -2.36. The van der Waals surface area contributed by atoms with Crippen LogP contribution in [0.4, 0.5) is 0 Å². The second kappa shape index (κ2) is 5.93. The maximum atomic E-state index is 12.9. The van der Waals surface area contributed by atoms with E-state index in [-0.39, 0.29) is 4.90 Å². The molecule has 0 spiro atoms. The second-order valence-electron chi connectivity index (χ2n) is 5.84. The van der Waals surface area contributed by atoms with Crippen LogP contribution in [0.1, 0.15) is 11.5 Å². The third kappa shape index (κ3) is 2.37. The molecule has 5 nitrogen and oxygen atoms in total. The average Bonchev–Trinajstić information content (AvgIpc) is 3.33. The van der Waals surface area contributed by atoms with E-state index in [1.807, 2.05) is 6.07 Å². The number of hydrogen-bond acceptors (Lipinski definition) is 5. The van der Waals surface area contributed by atoms with Gasteiger partial charge in [-0.15, -0.1) is 0 Å². The summed E-state index contributed by atoms with van der Waals surface area (Å²) in [5.41, 5.74) is -0.612. The highest BCUT2D eigenvalue weighted by atomic mass is 32.2. The normalized spacial score (nSPS) is 25.7. The molecule has 3 atom stereocenters. The molecule has 1 saturated carbocycles. The fraction of sp³-hybridized carbons (Fsp3) is 0.278. The van der Waals surface area contributed by atoms with Crippen molar-refractivity contribution in [2.24, 2.45) is 5.41 Å². The molecule has 0 bridgehead atoms. The van der Waals surface area contributed by atoms with E-state index in [4.69, 9.17) is 4.74 Å². The van der Waals surface area contributed by atoms with Crippen molar-refractivity contribution in [3.05, 3.63) is 60.2 Å². The quantitative estimate of drug-likeness (QED) is 0.899. The van der Waals surface area contributed by atoms with Crippen molar-refractivity contribution in [2.45, 2.75) is 16.1 Å². The number of methoxy groups -OCH3 is 1. The lowest BCUT2D eigenvalue weighted by Gasteiger charge is -2.05. The van der Waals surface area contributed by atoms with Gasteiger partial charge in [0, 0.05) is 5.92 Å². The molecule has 1 aliphatic rings. The Balaban J connectivity index is 2.04. The summed E-state index contributed by atoms with van der Waals surface area (Å²) in [4.78, 5) is 0.166.